The quantitative estimate of drug-likeness (QED) is 0.805. The van der Waals surface area contributed by atoms with Crippen LogP contribution in [0.15, 0.2) is 54.6 Å². The number of likely N-dealkylation sites (N-methyl/N-ethyl adjacent to an activating group) is 1. The number of hydrogen-bond donors (Lipinski definition) is 2. The van der Waals surface area contributed by atoms with Crippen LogP contribution < -0.4 is 15.0 Å². The first-order valence-corrected chi connectivity index (χ1v) is 7.49. The molecule has 0 saturated heterocycles. The van der Waals surface area contributed by atoms with Crippen LogP contribution in [-0.4, -0.2) is 33.2 Å². The van der Waals surface area contributed by atoms with Crippen LogP contribution in [0.25, 0.3) is 0 Å². The topological polar surface area (TPSA) is 42.8 Å². The molecule has 1 unspecified atom stereocenters. The van der Waals surface area contributed by atoms with Crippen molar-refractivity contribution in [2.24, 2.45) is 0 Å². The SMILES string of the molecule is CNC(=O)c1ccc(C[NH+](C)CCOc2ccccc2)cc1. The van der Waals surface area contributed by atoms with Crippen molar-refractivity contribution < 1.29 is 14.4 Å². The van der Waals surface area contributed by atoms with Gasteiger partial charge in [-0.3, -0.25) is 4.79 Å². The molecule has 0 aliphatic heterocycles. The van der Waals surface area contributed by atoms with Gasteiger partial charge < -0.3 is 15.0 Å². The summed E-state index contributed by atoms with van der Waals surface area (Å²) >= 11 is 0. The molecule has 0 bridgehead atoms. The molecule has 0 aromatic heterocycles. The zero-order chi connectivity index (χ0) is 15.8. The van der Waals surface area contributed by atoms with Gasteiger partial charge in [-0.05, 0) is 24.3 Å². The average molecular weight is 299 g/mol. The van der Waals surface area contributed by atoms with Crippen LogP contribution in [-0.2, 0) is 6.54 Å². The number of carbonyl (C=O) groups excluding carboxylic acids is 1. The molecule has 0 saturated carbocycles. The first kappa shape index (κ1) is 16.0. The van der Waals surface area contributed by atoms with E-state index in [1.807, 2.05) is 54.6 Å². The van der Waals surface area contributed by atoms with Crippen LogP contribution >= 0.6 is 0 Å². The van der Waals surface area contributed by atoms with Crippen LogP contribution in [0.4, 0.5) is 0 Å². The molecule has 4 nitrogen and oxygen atoms in total. The predicted octanol–water partition coefficient (Wildman–Crippen LogP) is 1.14. The van der Waals surface area contributed by atoms with Crippen molar-refractivity contribution in [2.45, 2.75) is 6.54 Å². The maximum absolute atomic E-state index is 11.5. The van der Waals surface area contributed by atoms with E-state index in [1.165, 1.54) is 10.5 Å². The van der Waals surface area contributed by atoms with E-state index in [2.05, 4.69) is 12.4 Å². The van der Waals surface area contributed by atoms with E-state index in [0.29, 0.717) is 12.2 Å². The molecule has 2 N–H and O–H groups in total. The summed E-state index contributed by atoms with van der Waals surface area (Å²) in [6.45, 7) is 2.52. The lowest BCUT2D eigenvalue weighted by atomic mass is 10.1. The highest BCUT2D eigenvalue weighted by Crippen LogP contribution is 2.07. The maximum Gasteiger partial charge on any atom is 0.251 e. The Hall–Kier alpha value is -2.33. The van der Waals surface area contributed by atoms with Crippen molar-refractivity contribution >= 4 is 5.91 Å². The number of quaternary nitrogens is 1. The summed E-state index contributed by atoms with van der Waals surface area (Å²) in [5, 5.41) is 2.62. The second-order valence-electron chi connectivity index (χ2n) is 5.32. The predicted molar refractivity (Wildman–Crippen MR) is 87.2 cm³/mol. The van der Waals surface area contributed by atoms with Gasteiger partial charge in [0.25, 0.3) is 5.91 Å². The average Bonchev–Trinajstić information content (AvgIpc) is 2.56. The molecule has 0 aliphatic rings. The van der Waals surface area contributed by atoms with Gasteiger partial charge in [0.1, 0.15) is 25.4 Å². The van der Waals surface area contributed by atoms with Crippen molar-refractivity contribution in [3.63, 3.8) is 0 Å². The molecule has 22 heavy (non-hydrogen) atoms. The minimum Gasteiger partial charge on any atom is -0.488 e. The summed E-state index contributed by atoms with van der Waals surface area (Å²) in [6.07, 6.45) is 0. The zero-order valence-electron chi connectivity index (χ0n) is 13.1. The van der Waals surface area contributed by atoms with Gasteiger partial charge in [0, 0.05) is 18.2 Å². The van der Waals surface area contributed by atoms with E-state index in [9.17, 15) is 4.79 Å². The minimum absolute atomic E-state index is 0.0523. The third kappa shape index (κ3) is 4.90. The van der Waals surface area contributed by atoms with Gasteiger partial charge in [-0.25, -0.2) is 0 Å². The lowest BCUT2D eigenvalue weighted by Crippen LogP contribution is -3.08. The molecular formula is C18H23N2O2+. The number of benzene rings is 2. The molecule has 2 aromatic rings. The van der Waals surface area contributed by atoms with Crippen LogP contribution in [0, 0.1) is 0 Å². The van der Waals surface area contributed by atoms with Gasteiger partial charge in [-0.15, -0.1) is 0 Å². The Labute approximate surface area is 131 Å². The largest absolute Gasteiger partial charge is 0.488 e. The van der Waals surface area contributed by atoms with E-state index in [1.54, 1.807) is 7.05 Å². The smallest absolute Gasteiger partial charge is 0.251 e. The maximum atomic E-state index is 11.5. The van der Waals surface area contributed by atoms with E-state index in [0.717, 1.165) is 18.8 Å². The molecule has 0 aliphatic carbocycles. The van der Waals surface area contributed by atoms with Gasteiger partial charge in [0.05, 0.1) is 7.05 Å². The van der Waals surface area contributed by atoms with Crippen LogP contribution in [0.3, 0.4) is 0 Å². The molecule has 2 rings (SSSR count). The summed E-state index contributed by atoms with van der Waals surface area (Å²) < 4.78 is 5.71. The molecule has 0 fully saturated rings. The van der Waals surface area contributed by atoms with E-state index >= 15 is 0 Å². The Morgan fingerprint density at radius 1 is 1.09 bits per heavy atom. The van der Waals surface area contributed by atoms with Crippen molar-refractivity contribution in [1.29, 1.82) is 0 Å². The monoisotopic (exact) mass is 299 g/mol. The first-order chi connectivity index (χ1) is 10.7. The molecule has 1 amide bonds. The Bertz CT molecular complexity index is 582. The molecule has 0 heterocycles. The highest BCUT2D eigenvalue weighted by Gasteiger charge is 2.06. The molecule has 2 aromatic carbocycles. The molecule has 0 radical (unpaired) electrons. The fourth-order valence-electron chi connectivity index (χ4n) is 2.21. The third-order valence-corrected chi connectivity index (χ3v) is 3.49. The summed E-state index contributed by atoms with van der Waals surface area (Å²) in [6, 6.07) is 17.6. The molecule has 1 atom stereocenters. The standard InChI is InChI=1S/C18H22N2O2/c1-19-18(21)16-10-8-15(9-11-16)14-20(2)12-13-22-17-6-4-3-5-7-17/h3-11H,12-14H2,1-2H3,(H,19,21)/p+1. The summed E-state index contributed by atoms with van der Waals surface area (Å²) in [7, 11) is 3.78. The van der Waals surface area contributed by atoms with Gasteiger partial charge >= 0.3 is 0 Å². The van der Waals surface area contributed by atoms with Crippen molar-refractivity contribution in [2.75, 3.05) is 27.2 Å². The number of rotatable bonds is 7. The van der Waals surface area contributed by atoms with Gasteiger partial charge in [0.15, 0.2) is 0 Å². The fourth-order valence-corrected chi connectivity index (χ4v) is 2.21. The van der Waals surface area contributed by atoms with Gasteiger partial charge in [-0.1, -0.05) is 30.3 Å². The summed E-state index contributed by atoms with van der Waals surface area (Å²) in [4.78, 5) is 12.9. The van der Waals surface area contributed by atoms with E-state index in [4.69, 9.17) is 4.74 Å². The number of ether oxygens (including phenoxy) is 1. The Morgan fingerprint density at radius 3 is 2.41 bits per heavy atom. The van der Waals surface area contributed by atoms with E-state index in [-0.39, 0.29) is 5.91 Å². The summed E-state index contributed by atoms with van der Waals surface area (Å²) in [5.74, 6) is 0.855. The highest BCUT2D eigenvalue weighted by atomic mass is 16.5. The number of carbonyl (C=O) groups is 1. The summed E-state index contributed by atoms with van der Waals surface area (Å²) in [5.41, 5.74) is 1.90. The fraction of sp³-hybridized carbons (Fsp3) is 0.278. The molecule has 116 valence electrons. The highest BCUT2D eigenvalue weighted by molar-refractivity contribution is 5.93. The molecular weight excluding hydrogens is 276 g/mol. The number of para-hydroxylation sites is 1. The zero-order valence-corrected chi connectivity index (χ0v) is 13.1. The Kier molecular flexibility index (Phi) is 5.98. The molecule has 4 heteroatoms. The lowest BCUT2D eigenvalue weighted by Gasteiger charge is -2.15. The second kappa shape index (κ2) is 8.20. The number of hydrogen-bond acceptors (Lipinski definition) is 2. The lowest BCUT2D eigenvalue weighted by molar-refractivity contribution is -0.893. The van der Waals surface area contributed by atoms with Crippen molar-refractivity contribution in [1.82, 2.24) is 5.32 Å². The molecule has 0 spiro atoms. The van der Waals surface area contributed by atoms with E-state index < -0.39 is 0 Å². The Morgan fingerprint density at radius 2 is 1.77 bits per heavy atom. The number of amides is 1. The van der Waals surface area contributed by atoms with Gasteiger partial charge in [-0.2, -0.15) is 0 Å². The van der Waals surface area contributed by atoms with Crippen LogP contribution in [0.1, 0.15) is 15.9 Å². The number of nitrogens with one attached hydrogen (secondary N) is 2. The normalized spacial score (nSPS) is 11.7. The Balaban J connectivity index is 1.77. The van der Waals surface area contributed by atoms with Crippen molar-refractivity contribution in [3.05, 3.63) is 65.7 Å². The van der Waals surface area contributed by atoms with Crippen molar-refractivity contribution in [3.8, 4) is 5.75 Å². The minimum atomic E-state index is -0.0523. The van der Waals surface area contributed by atoms with Gasteiger partial charge in [0.2, 0.25) is 0 Å². The van der Waals surface area contributed by atoms with Crippen LogP contribution in [0.5, 0.6) is 5.75 Å². The second-order valence-corrected chi connectivity index (χ2v) is 5.32. The third-order valence-electron chi connectivity index (χ3n) is 3.49. The first-order valence-electron chi connectivity index (χ1n) is 7.49. The van der Waals surface area contributed by atoms with Crippen LogP contribution in [0.2, 0.25) is 0 Å².